The summed E-state index contributed by atoms with van der Waals surface area (Å²) in [7, 11) is 3.67. The van der Waals surface area contributed by atoms with E-state index in [9.17, 15) is 9.59 Å². The number of carbonyl (C=O) groups excluding carboxylic acids is 1. The number of carbonyl (C=O) groups is 1. The Kier molecular flexibility index (Phi) is 6.78. The normalized spacial score (nSPS) is 13.5. The van der Waals surface area contributed by atoms with Crippen LogP contribution in [-0.4, -0.2) is 51.2 Å². The molecule has 36 heavy (non-hydrogen) atoms. The van der Waals surface area contributed by atoms with Gasteiger partial charge in [0.1, 0.15) is 17.1 Å². The summed E-state index contributed by atoms with van der Waals surface area (Å²) in [6.07, 6.45) is 2.30. The number of benzene rings is 2. The first kappa shape index (κ1) is 24.8. The average molecular weight is 546 g/mol. The molecule has 2 aliphatic heterocycles. The van der Waals surface area contributed by atoms with Crippen LogP contribution in [0.4, 0.5) is 5.69 Å². The minimum Gasteiger partial charge on any atom is -0.325 e. The average Bonchev–Trinajstić information content (AvgIpc) is 3.56. The topological polar surface area (TPSA) is 95.9 Å². The lowest BCUT2D eigenvalue weighted by Gasteiger charge is -2.12. The second kappa shape index (κ2) is 9.86. The van der Waals surface area contributed by atoms with Gasteiger partial charge in [0.25, 0.3) is 5.56 Å². The summed E-state index contributed by atoms with van der Waals surface area (Å²) in [5.74, 6) is 0.940. The molecule has 0 saturated heterocycles. The molecule has 1 saturated carbocycles. The van der Waals surface area contributed by atoms with Gasteiger partial charge >= 0.3 is 0 Å². The molecule has 8 nitrogen and oxygen atoms in total. The van der Waals surface area contributed by atoms with Gasteiger partial charge in [-0.1, -0.05) is 46.9 Å². The number of halogens is 3. The van der Waals surface area contributed by atoms with Crippen LogP contribution in [0.15, 0.2) is 41.2 Å². The van der Waals surface area contributed by atoms with Crippen molar-refractivity contribution in [2.24, 2.45) is 0 Å². The maximum absolute atomic E-state index is 13.2. The van der Waals surface area contributed by atoms with E-state index in [2.05, 4.69) is 15.4 Å². The quantitative estimate of drug-likeness (QED) is 0.341. The molecular formula is C25H23Cl3N6O2. The third-order valence-corrected chi connectivity index (χ3v) is 6.66. The molecule has 0 atom stereocenters. The van der Waals surface area contributed by atoms with E-state index in [0.717, 1.165) is 24.1 Å². The number of aromatic amines is 1. The number of likely N-dealkylation sites (N-methyl/N-ethyl adjacent to an activating group) is 1. The zero-order valence-electron chi connectivity index (χ0n) is 19.6. The Morgan fingerprint density at radius 3 is 2.39 bits per heavy atom. The molecule has 2 N–H and O–H groups in total. The van der Waals surface area contributed by atoms with Crippen molar-refractivity contribution < 1.29 is 4.79 Å². The molecule has 0 bridgehead atoms. The maximum Gasteiger partial charge on any atom is 0.284 e. The molecule has 186 valence electrons. The van der Waals surface area contributed by atoms with Gasteiger partial charge in [-0.25, -0.2) is 9.67 Å². The highest BCUT2D eigenvalue weighted by Crippen LogP contribution is 2.44. The second-order valence-electron chi connectivity index (χ2n) is 9.16. The molecule has 5 rings (SSSR count). The minimum absolute atomic E-state index is 0.0967. The molecular weight excluding hydrogens is 523 g/mol. The number of H-pyrrole nitrogens is 1. The highest BCUT2D eigenvalue weighted by molar-refractivity contribution is 6.40. The Bertz CT molecular complexity index is 1450. The first-order valence-electron chi connectivity index (χ1n) is 11.4. The van der Waals surface area contributed by atoms with Crippen LogP contribution >= 0.6 is 34.8 Å². The van der Waals surface area contributed by atoms with E-state index < -0.39 is 0 Å². The first-order chi connectivity index (χ1) is 17.2. The van der Waals surface area contributed by atoms with E-state index >= 15 is 0 Å². The molecule has 2 aromatic rings. The van der Waals surface area contributed by atoms with Gasteiger partial charge in [0, 0.05) is 23.0 Å². The van der Waals surface area contributed by atoms with E-state index in [1.807, 2.05) is 38.4 Å². The van der Waals surface area contributed by atoms with E-state index in [1.54, 1.807) is 21.7 Å². The van der Waals surface area contributed by atoms with Crippen LogP contribution in [0.5, 0.6) is 0 Å². The fourth-order valence-corrected chi connectivity index (χ4v) is 5.12. The fraction of sp³-hybridized carbons (Fsp3) is 0.280. The van der Waals surface area contributed by atoms with Crippen LogP contribution < -0.4 is 10.9 Å². The Morgan fingerprint density at radius 2 is 1.78 bits per heavy atom. The number of fused-ring (bicyclic) bond motifs is 1. The number of rotatable bonds is 7. The van der Waals surface area contributed by atoms with Gasteiger partial charge in [-0.15, -0.1) is 0 Å². The summed E-state index contributed by atoms with van der Waals surface area (Å²) >= 11 is 19.1. The van der Waals surface area contributed by atoms with Crippen molar-refractivity contribution in [3.8, 4) is 17.1 Å². The van der Waals surface area contributed by atoms with Crippen LogP contribution in [0.1, 0.15) is 35.8 Å². The van der Waals surface area contributed by atoms with Gasteiger partial charge in [0.05, 0.1) is 22.3 Å². The molecule has 3 aliphatic rings. The molecule has 11 heteroatoms. The smallest absolute Gasteiger partial charge is 0.284 e. The summed E-state index contributed by atoms with van der Waals surface area (Å²) in [6.45, 7) is 0.295. The number of amides is 1. The van der Waals surface area contributed by atoms with Gasteiger partial charge in [-0.3, -0.25) is 14.7 Å². The van der Waals surface area contributed by atoms with Gasteiger partial charge in [-0.05, 0) is 56.8 Å². The summed E-state index contributed by atoms with van der Waals surface area (Å²) in [6, 6.07) is 10.6. The number of aromatic nitrogens is 4. The van der Waals surface area contributed by atoms with Gasteiger partial charge < -0.3 is 10.2 Å². The van der Waals surface area contributed by atoms with Crippen LogP contribution in [0, 0.1) is 0 Å². The SMILES string of the molecule is CN(C)CC(=O)Nc1ccc(Cc2nc3n(-c4c(Cl)cc(Cl)cc4Cl)[nH]c(C4CC4)c-3c(=O)n2)cc1. The van der Waals surface area contributed by atoms with E-state index in [0.29, 0.717) is 56.6 Å². The lowest BCUT2D eigenvalue weighted by molar-refractivity contribution is -0.116. The first-order valence-corrected chi connectivity index (χ1v) is 12.5. The highest BCUT2D eigenvalue weighted by Gasteiger charge is 2.34. The van der Waals surface area contributed by atoms with Crippen LogP contribution in [0.25, 0.3) is 17.1 Å². The molecule has 0 aromatic heterocycles. The number of hydrogen-bond donors (Lipinski definition) is 2. The highest BCUT2D eigenvalue weighted by atomic mass is 35.5. The fourth-order valence-electron chi connectivity index (χ4n) is 4.13. The molecule has 2 heterocycles. The molecule has 1 fully saturated rings. The van der Waals surface area contributed by atoms with Gasteiger partial charge in [0.2, 0.25) is 5.91 Å². The number of nitrogens with zero attached hydrogens (tertiary/aromatic N) is 4. The van der Waals surface area contributed by atoms with E-state index in [1.165, 1.54) is 0 Å². The Hall–Kier alpha value is -2.91. The van der Waals surface area contributed by atoms with Crippen molar-refractivity contribution in [1.82, 2.24) is 24.6 Å². The van der Waals surface area contributed by atoms with Crippen molar-refractivity contribution in [3.05, 3.63) is 78.9 Å². The maximum atomic E-state index is 13.2. The molecule has 2 aromatic carbocycles. The van der Waals surface area contributed by atoms with Crippen LogP contribution in [0.3, 0.4) is 0 Å². The summed E-state index contributed by atoms with van der Waals surface area (Å²) in [5, 5.41) is 7.23. The van der Waals surface area contributed by atoms with Crippen LogP contribution in [0.2, 0.25) is 15.1 Å². The number of anilines is 1. The van der Waals surface area contributed by atoms with Crippen molar-refractivity contribution in [2.75, 3.05) is 26.0 Å². The minimum atomic E-state index is -0.347. The lowest BCUT2D eigenvalue weighted by atomic mass is 10.1. The van der Waals surface area contributed by atoms with E-state index in [-0.39, 0.29) is 17.4 Å². The number of hydrogen-bond acceptors (Lipinski definition) is 5. The van der Waals surface area contributed by atoms with Crippen molar-refractivity contribution in [2.45, 2.75) is 25.2 Å². The predicted octanol–water partition coefficient (Wildman–Crippen LogP) is 4.99. The molecule has 0 radical (unpaired) electrons. The van der Waals surface area contributed by atoms with Crippen molar-refractivity contribution >= 4 is 46.4 Å². The summed E-state index contributed by atoms with van der Waals surface area (Å²) < 4.78 is 1.65. The van der Waals surface area contributed by atoms with Crippen LogP contribution in [-0.2, 0) is 11.2 Å². The summed E-state index contributed by atoms with van der Waals surface area (Å²) in [5.41, 5.74) is 2.95. The monoisotopic (exact) mass is 544 g/mol. The molecule has 1 amide bonds. The molecule has 1 aliphatic carbocycles. The van der Waals surface area contributed by atoms with E-state index in [4.69, 9.17) is 39.8 Å². The van der Waals surface area contributed by atoms with Gasteiger partial charge in [-0.2, -0.15) is 4.98 Å². The van der Waals surface area contributed by atoms with Crippen molar-refractivity contribution in [1.29, 1.82) is 0 Å². The Labute approximate surface area is 222 Å². The molecule has 0 unspecified atom stereocenters. The second-order valence-corrected chi connectivity index (χ2v) is 10.4. The predicted molar refractivity (Wildman–Crippen MR) is 142 cm³/mol. The zero-order valence-corrected chi connectivity index (χ0v) is 21.9. The Morgan fingerprint density at radius 1 is 1.11 bits per heavy atom. The number of nitrogens with one attached hydrogen (secondary N) is 2. The summed E-state index contributed by atoms with van der Waals surface area (Å²) in [4.78, 5) is 36.0. The lowest BCUT2D eigenvalue weighted by Crippen LogP contribution is -2.27. The van der Waals surface area contributed by atoms with Crippen molar-refractivity contribution in [3.63, 3.8) is 0 Å². The molecule has 0 spiro atoms. The van der Waals surface area contributed by atoms with Gasteiger partial charge in [0.15, 0.2) is 5.82 Å². The third-order valence-electron chi connectivity index (χ3n) is 5.87. The zero-order chi connectivity index (χ0) is 25.6. The Balaban J connectivity index is 1.50. The third kappa shape index (κ3) is 5.13. The standard InChI is InChI=1S/C25H23Cl3N6O2/c1-33(2)12-20(35)29-16-7-3-13(4-8-16)9-19-30-24-21(25(36)31-19)22(14-5-6-14)32-34(24)23-17(27)10-15(26)11-18(23)28/h3-4,7-8,10-11,14,32H,5-6,9,12H2,1-2H3,(H,29,35). The largest absolute Gasteiger partial charge is 0.325 e.